The summed E-state index contributed by atoms with van der Waals surface area (Å²) in [4.78, 5) is 5.57. The minimum Gasteiger partial charge on any atom is -0.277 e. The fraction of sp³-hybridized carbons (Fsp3) is 0.318. The Morgan fingerprint density at radius 2 is 1.42 bits per heavy atom. The van der Waals surface area contributed by atoms with E-state index in [0.29, 0.717) is 9.80 Å². The lowest BCUT2D eigenvalue weighted by Gasteiger charge is -2.37. The van der Waals surface area contributed by atoms with Crippen LogP contribution in [0.15, 0.2) is 75.5 Å². The molecule has 1 aliphatic rings. The summed E-state index contributed by atoms with van der Waals surface area (Å²) in [5, 5.41) is 0. The van der Waals surface area contributed by atoms with E-state index in [1.54, 1.807) is 12.1 Å². The second-order valence-electron chi connectivity index (χ2n) is 7.93. The van der Waals surface area contributed by atoms with Gasteiger partial charge in [-0.05, 0) is 38.5 Å². The molecule has 3 rings (SSSR count). The molecule has 0 saturated carbocycles. The third-order valence-corrected chi connectivity index (χ3v) is 6.85. The summed E-state index contributed by atoms with van der Waals surface area (Å²) in [5.74, 6) is 0. The Bertz CT molecular complexity index is 980. The van der Waals surface area contributed by atoms with Crippen LogP contribution < -0.4 is 0 Å². The second kappa shape index (κ2) is 6.20. The monoisotopic (exact) mass is 367 g/mol. The number of allylic oxidation sites excluding steroid dienone is 1. The highest BCUT2D eigenvalue weighted by Crippen LogP contribution is 2.41. The topological polar surface area (TPSA) is 46.5 Å². The maximum atomic E-state index is 13.3. The number of aryl methyl sites for hydroxylation is 1. The summed E-state index contributed by atoms with van der Waals surface area (Å²) in [6.07, 6.45) is 1.87. The number of nitrogens with zero attached hydrogens (tertiary/aromatic N) is 1. The first kappa shape index (κ1) is 18.6. The maximum absolute atomic E-state index is 13.3. The van der Waals surface area contributed by atoms with Crippen molar-refractivity contribution in [3.63, 3.8) is 0 Å². The summed E-state index contributed by atoms with van der Waals surface area (Å²) in [6, 6.07) is 16.9. The zero-order valence-electron chi connectivity index (χ0n) is 15.9. The lowest BCUT2D eigenvalue weighted by Crippen LogP contribution is -2.38. The van der Waals surface area contributed by atoms with Crippen molar-refractivity contribution in [3.8, 4) is 0 Å². The third-order valence-electron chi connectivity index (χ3n) is 4.76. The maximum Gasteiger partial charge on any atom is 0.204 e. The van der Waals surface area contributed by atoms with E-state index >= 15 is 0 Å². The number of aliphatic imine (C=N–C) groups is 1. The molecule has 26 heavy (non-hydrogen) atoms. The summed E-state index contributed by atoms with van der Waals surface area (Å²) in [6.45, 7) is 9.70. The van der Waals surface area contributed by atoms with Gasteiger partial charge in [-0.3, -0.25) is 4.99 Å². The number of rotatable bonds is 3. The largest absolute Gasteiger partial charge is 0.277 e. The molecule has 0 fully saturated rings. The van der Waals surface area contributed by atoms with E-state index in [2.05, 4.69) is 0 Å². The first-order valence-corrected chi connectivity index (χ1v) is 10.2. The van der Waals surface area contributed by atoms with Gasteiger partial charge in [-0.25, -0.2) is 8.42 Å². The lowest BCUT2D eigenvalue weighted by molar-refractivity contribution is 0.543. The van der Waals surface area contributed by atoms with Crippen LogP contribution in [0.3, 0.4) is 0 Å². The fourth-order valence-electron chi connectivity index (χ4n) is 3.33. The molecule has 0 spiro atoms. The predicted octanol–water partition coefficient (Wildman–Crippen LogP) is 4.96. The summed E-state index contributed by atoms with van der Waals surface area (Å²) in [5.41, 5.74) is 1.65. The van der Waals surface area contributed by atoms with Crippen molar-refractivity contribution in [2.75, 3.05) is 0 Å². The Balaban J connectivity index is 2.13. The summed E-state index contributed by atoms with van der Waals surface area (Å²) < 4.78 is 26.6. The van der Waals surface area contributed by atoms with Crippen LogP contribution in [-0.2, 0) is 9.84 Å². The average Bonchev–Trinajstić information content (AvgIpc) is 2.58. The second-order valence-corrected chi connectivity index (χ2v) is 9.85. The molecule has 0 aromatic heterocycles. The van der Waals surface area contributed by atoms with Gasteiger partial charge in [0.15, 0.2) is 0 Å². The summed E-state index contributed by atoms with van der Waals surface area (Å²) >= 11 is 0. The van der Waals surface area contributed by atoms with Crippen LogP contribution >= 0.6 is 0 Å². The van der Waals surface area contributed by atoms with Gasteiger partial charge >= 0.3 is 0 Å². The van der Waals surface area contributed by atoms with Crippen LogP contribution in [0.25, 0.3) is 0 Å². The Morgan fingerprint density at radius 1 is 0.846 bits per heavy atom. The van der Waals surface area contributed by atoms with Crippen LogP contribution in [0.4, 0.5) is 0 Å². The smallest absolute Gasteiger partial charge is 0.204 e. The molecule has 0 atom stereocenters. The van der Waals surface area contributed by atoms with E-state index in [1.807, 2.05) is 83.2 Å². The quantitative estimate of drug-likeness (QED) is 0.770. The van der Waals surface area contributed by atoms with Crippen LogP contribution in [-0.4, -0.2) is 19.7 Å². The molecule has 0 saturated heterocycles. The van der Waals surface area contributed by atoms with Crippen molar-refractivity contribution in [2.24, 2.45) is 10.4 Å². The highest BCUT2D eigenvalue weighted by atomic mass is 32.2. The van der Waals surface area contributed by atoms with Gasteiger partial charge in [0.05, 0.1) is 21.1 Å². The zero-order valence-corrected chi connectivity index (χ0v) is 16.8. The Labute approximate surface area is 156 Å². The minimum absolute atomic E-state index is 0.316. The molecule has 4 heteroatoms. The van der Waals surface area contributed by atoms with Gasteiger partial charge in [-0.2, -0.15) is 0 Å². The molecule has 0 amide bonds. The van der Waals surface area contributed by atoms with Gasteiger partial charge in [0, 0.05) is 5.41 Å². The molecule has 0 N–H and O–H groups in total. The number of hydrogen-bond acceptors (Lipinski definition) is 3. The molecule has 0 aliphatic carbocycles. The minimum atomic E-state index is -3.61. The van der Waals surface area contributed by atoms with Crippen LogP contribution in [0.2, 0.25) is 0 Å². The Hall–Kier alpha value is -2.20. The van der Waals surface area contributed by atoms with E-state index in [1.165, 1.54) is 0 Å². The highest BCUT2D eigenvalue weighted by Gasteiger charge is 2.42. The number of benzene rings is 2. The van der Waals surface area contributed by atoms with E-state index in [0.717, 1.165) is 16.8 Å². The van der Waals surface area contributed by atoms with E-state index < -0.39 is 20.8 Å². The molecular formula is C22H25NO2S. The average molecular weight is 368 g/mol. The Kier molecular flexibility index (Phi) is 4.43. The SMILES string of the molecule is Cc1ccc(S(=O)(=O)C2=CC(C)(C)C(c3ccccc3)=NC2(C)C)cc1. The van der Waals surface area contributed by atoms with E-state index in [-0.39, 0.29) is 0 Å². The molecule has 2 aromatic carbocycles. The third kappa shape index (κ3) is 3.26. The van der Waals surface area contributed by atoms with Gasteiger partial charge in [-0.1, -0.05) is 68.0 Å². The molecule has 2 aromatic rings. The molecule has 1 aliphatic heterocycles. The van der Waals surface area contributed by atoms with Gasteiger partial charge in [0.25, 0.3) is 0 Å². The van der Waals surface area contributed by atoms with Crippen LogP contribution in [0.1, 0.15) is 38.8 Å². The van der Waals surface area contributed by atoms with Gasteiger partial charge in [0.1, 0.15) is 0 Å². The van der Waals surface area contributed by atoms with Gasteiger partial charge < -0.3 is 0 Å². The van der Waals surface area contributed by atoms with Crippen molar-refractivity contribution >= 4 is 15.5 Å². The van der Waals surface area contributed by atoms with Crippen molar-refractivity contribution < 1.29 is 8.42 Å². The zero-order chi connectivity index (χ0) is 19.2. The molecule has 0 unspecified atom stereocenters. The molecule has 0 radical (unpaired) electrons. The first-order valence-electron chi connectivity index (χ1n) is 8.75. The van der Waals surface area contributed by atoms with Crippen LogP contribution in [0.5, 0.6) is 0 Å². The van der Waals surface area contributed by atoms with Crippen molar-refractivity contribution in [2.45, 2.75) is 45.1 Å². The molecule has 1 heterocycles. The number of sulfone groups is 1. The molecule has 0 bridgehead atoms. The highest BCUT2D eigenvalue weighted by molar-refractivity contribution is 7.95. The Morgan fingerprint density at radius 3 is 2.00 bits per heavy atom. The van der Waals surface area contributed by atoms with Crippen LogP contribution in [0, 0.1) is 12.3 Å². The molecule has 136 valence electrons. The lowest BCUT2D eigenvalue weighted by atomic mass is 9.78. The van der Waals surface area contributed by atoms with E-state index in [9.17, 15) is 8.42 Å². The summed E-state index contributed by atoms with van der Waals surface area (Å²) in [7, 11) is -3.61. The first-order chi connectivity index (χ1) is 12.0. The predicted molar refractivity (Wildman–Crippen MR) is 107 cm³/mol. The van der Waals surface area contributed by atoms with Crippen molar-refractivity contribution in [1.29, 1.82) is 0 Å². The standard InChI is InChI=1S/C22H25NO2S/c1-16-11-13-18(14-12-16)26(24,25)19-15-21(2,3)20(23-22(19,4)5)17-9-7-6-8-10-17/h6-15H,1-5H3. The normalized spacial score (nSPS) is 18.8. The van der Waals surface area contributed by atoms with Gasteiger partial charge in [-0.15, -0.1) is 0 Å². The molecular weight excluding hydrogens is 342 g/mol. The van der Waals surface area contributed by atoms with E-state index in [4.69, 9.17) is 4.99 Å². The molecule has 3 nitrogen and oxygen atoms in total. The van der Waals surface area contributed by atoms with Gasteiger partial charge in [0.2, 0.25) is 9.84 Å². The number of dihydropyridines is 1. The van der Waals surface area contributed by atoms with Crippen molar-refractivity contribution in [1.82, 2.24) is 0 Å². The van der Waals surface area contributed by atoms with Crippen molar-refractivity contribution in [3.05, 3.63) is 76.7 Å². The number of hydrogen-bond donors (Lipinski definition) is 0. The fourth-order valence-corrected chi connectivity index (χ4v) is 5.24.